The molecule has 0 fully saturated rings. The Morgan fingerprint density at radius 2 is 2.17 bits per heavy atom. The lowest BCUT2D eigenvalue weighted by molar-refractivity contribution is -0.121. The Morgan fingerprint density at radius 1 is 1.29 bits per heavy atom. The topological polar surface area (TPSA) is 69.4 Å². The zero-order valence-corrected chi connectivity index (χ0v) is 13.1. The summed E-state index contributed by atoms with van der Waals surface area (Å²) in [5, 5.41) is 4.44. The number of amides is 1. The Bertz CT molecular complexity index is 919. The van der Waals surface area contributed by atoms with Gasteiger partial charge in [0.25, 0.3) is 5.91 Å². The molecule has 122 valence electrons. The summed E-state index contributed by atoms with van der Waals surface area (Å²) in [6.07, 6.45) is 8.19. The first-order valence-corrected chi connectivity index (χ1v) is 7.89. The van der Waals surface area contributed by atoms with E-state index in [2.05, 4.69) is 11.0 Å². The molecule has 0 radical (unpaired) electrons. The molecule has 0 spiro atoms. The number of aromatic nitrogens is 3. The maximum atomic E-state index is 12.6. The van der Waals surface area contributed by atoms with E-state index in [1.165, 1.54) is 9.58 Å². The number of hydrogen-bond donors (Lipinski definition) is 0. The minimum absolute atomic E-state index is 0.0350. The van der Waals surface area contributed by atoms with Crippen LogP contribution in [0.4, 0.5) is 5.69 Å². The van der Waals surface area contributed by atoms with Crippen molar-refractivity contribution >= 4 is 11.6 Å². The van der Waals surface area contributed by atoms with E-state index in [1.807, 2.05) is 0 Å². The van der Waals surface area contributed by atoms with Gasteiger partial charge in [-0.25, -0.2) is 4.79 Å². The zero-order valence-electron chi connectivity index (χ0n) is 13.1. The van der Waals surface area contributed by atoms with Gasteiger partial charge in [-0.05, 0) is 31.0 Å². The summed E-state index contributed by atoms with van der Waals surface area (Å²) in [4.78, 5) is 26.1. The van der Waals surface area contributed by atoms with Crippen LogP contribution in [0.2, 0.25) is 0 Å². The van der Waals surface area contributed by atoms with Crippen LogP contribution in [0.1, 0.15) is 18.7 Å². The van der Waals surface area contributed by atoms with Crippen molar-refractivity contribution in [2.24, 2.45) is 0 Å². The zero-order chi connectivity index (χ0) is 16.7. The van der Waals surface area contributed by atoms with Crippen molar-refractivity contribution in [1.29, 1.82) is 0 Å². The molecule has 7 heteroatoms. The number of terminal acetylenes is 1. The molecular formula is C17H16N4O3. The third-order valence-corrected chi connectivity index (χ3v) is 4.35. The number of benzene rings is 1. The van der Waals surface area contributed by atoms with Crippen molar-refractivity contribution < 1.29 is 9.53 Å². The molecule has 2 aliphatic heterocycles. The van der Waals surface area contributed by atoms with Gasteiger partial charge in [0, 0.05) is 13.0 Å². The van der Waals surface area contributed by atoms with E-state index in [9.17, 15) is 9.59 Å². The molecule has 7 nitrogen and oxygen atoms in total. The molecule has 0 aliphatic carbocycles. The second-order valence-corrected chi connectivity index (χ2v) is 5.84. The van der Waals surface area contributed by atoms with Gasteiger partial charge in [0.15, 0.2) is 6.61 Å². The molecule has 1 amide bonds. The maximum absolute atomic E-state index is 12.6. The summed E-state index contributed by atoms with van der Waals surface area (Å²) in [5.41, 5.74) is 1.01. The van der Waals surface area contributed by atoms with Crippen LogP contribution in [-0.2, 0) is 17.8 Å². The van der Waals surface area contributed by atoms with Gasteiger partial charge in [0.05, 0.1) is 17.9 Å². The van der Waals surface area contributed by atoms with Crippen LogP contribution in [0.5, 0.6) is 5.75 Å². The largest absolute Gasteiger partial charge is 0.482 e. The monoisotopic (exact) mass is 324 g/mol. The van der Waals surface area contributed by atoms with Crippen molar-refractivity contribution in [3.63, 3.8) is 0 Å². The van der Waals surface area contributed by atoms with Crippen LogP contribution in [-0.4, -0.2) is 33.4 Å². The Morgan fingerprint density at radius 3 is 2.96 bits per heavy atom. The lowest BCUT2D eigenvalue weighted by Crippen LogP contribution is -2.39. The third-order valence-electron chi connectivity index (χ3n) is 4.35. The Balaban J connectivity index is 1.81. The van der Waals surface area contributed by atoms with E-state index in [4.69, 9.17) is 11.2 Å². The fourth-order valence-corrected chi connectivity index (χ4v) is 3.15. The second-order valence-electron chi connectivity index (χ2n) is 5.84. The summed E-state index contributed by atoms with van der Waals surface area (Å²) in [6.45, 7) is 0.823. The van der Waals surface area contributed by atoms with Gasteiger partial charge in [-0.3, -0.25) is 14.3 Å². The molecule has 4 rings (SSSR count). The maximum Gasteiger partial charge on any atom is 0.350 e. The van der Waals surface area contributed by atoms with Gasteiger partial charge in [-0.15, -0.1) is 11.5 Å². The molecule has 2 aromatic rings. The summed E-state index contributed by atoms with van der Waals surface area (Å²) < 4.78 is 8.54. The smallest absolute Gasteiger partial charge is 0.350 e. The molecule has 0 saturated heterocycles. The first kappa shape index (κ1) is 14.6. The average Bonchev–Trinajstić information content (AvgIpc) is 2.94. The number of carbonyl (C=O) groups excluding carboxylic acids is 1. The van der Waals surface area contributed by atoms with E-state index in [0.717, 1.165) is 25.1 Å². The van der Waals surface area contributed by atoms with Crippen molar-refractivity contribution in [2.45, 2.75) is 25.8 Å². The fourth-order valence-electron chi connectivity index (χ4n) is 3.15. The lowest BCUT2D eigenvalue weighted by atomic mass is 10.2. The normalized spacial score (nSPS) is 16.1. The second kappa shape index (κ2) is 5.57. The summed E-state index contributed by atoms with van der Waals surface area (Å²) in [7, 11) is 0. The molecule has 24 heavy (non-hydrogen) atoms. The van der Waals surface area contributed by atoms with Gasteiger partial charge in [-0.2, -0.15) is 4.68 Å². The van der Waals surface area contributed by atoms with Gasteiger partial charge in [-0.1, -0.05) is 5.92 Å². The molecule has 1 aromatic heterocycles. The molecule has 0 unspecified atom stereocenters. The molecule has 2 aliphatic rings. The predicted molar refractivity (Wildman–Crippen MR) is 87.4 cm³/mol. The number of rotatable bonds is 2. The highest BCUT2D eigenvalue weighted by Gasteiger charge is 2.26. The van der Waals surface area contributed by atoms with Gasteiger partial charge in [0.2, 0.25) is 0 Å². The van der Waals surface area contributed by atoms with E-state index < -0.39 is 0 Å². The number of ether oxygens (including phenoxy) is 1. The minimum Gasteiger partial charge on any atom is -0.482 e. The first-order chi connectivity index (χ1) is 11.7. The average molecular weight is 324 g/mol. The number of nitrogens with zero attached hydrogens (tertiary/aromatic N) is 4. The lowest BCUT2D eigenvalue weighted by Gasteiger charge is -2.28. The van der Waals surface area contributed by atoms with Crippen LogP contribution >= 0.6 is 0 Å². The predicted octanol–water partition coefficient (Wildman–Crippen LogP) is 0.729. The van der Waals surface area contributed by atoms with Crippen molar-refractivity contribution in [1.82, 2.24) is 14.3 Å². The van der Waals surface area contributed by atoms with Crippen LogP contribution in [0.25, 0.3) is 5.69 Å². The van der Waals surface area contributed by atoms with Gasteiger partial charge >= 0.3 is 5.69 Å². The molecule has 1 aromatic carbocycles. The standard InChI is InChI=1S/C17H16N4O3/c1-2-8-19-13-10-12(6-7-14(13)24-11-16(19)22)21-17(23)20-9-4-3-5-15(20)18-21/h1,6-7,10H,3-5,8-9,11H2. The molecule has 3 heterocycles. The number of carbonyl (C=O) groups is 1. The molecular weight excluding hydrogens is 308 g/mol. The summed E-state index contributed by atoms with van der Waals surface area (Å²) in [6, 6.07) is 5.23. The van der Waals surface area contributed by atoms with Crippen molar-refractivity contribution in [3.05, 3.63) is 34.5 Å². The Labute approximate surface area is 138 Å². The van der Waals surface area contributed by atoms with Gasteiger partial charge in [0.1, 0.15) is 11.6 Å². The number of hydrogen-bond acceptors (Lipinski definition) is 4. The van der Waals surface area contributed by atoms with Crippen LogP contribution in [0.15, 0.2) is 23.0 Å². The van der Waals surface area contributed by atoms with Crippen LogP contribution < -0.4 is 15.3 Å². The number of fused-ring (bicyclic) bond motifs is 2. The Hall–Kier alpha value is -3.01. The molecule has 0 saturated carbocycles. The summed E-state index contributed by atoms with van der Waals surface area (Å²) in [5.74, 6) is 3.66. The number of anilines is 1. The molecule has 0 N–H and O–H groups in total. The van der Waals surface area contributed by atoms with E-state index in [0.29, 0.717) is 23.7 Å². The fraction of sp³-hybridized carbons (Fsp3) is 0.353. The highest BCUT2D eigenvalue weighted by atomic mass is 16.5. The van der Waals surface area contributed by atoms with Crippen molar-refractivity contribution in [3.8, 4) is 23.8 Å². The highest BCUT2D eigenvalue weighted by Crippen LogP contribution is 2.33. The highest BCUT2D eigenvalue weighted by molar-refractivity contribution is 5.98. The van der Waals surface area contributed by atoms with E-state index >= 15 is 0 Å². The molecule has 0 atom stereocenters. The van der Waals surface area contributed by atoms with Crippen molar-refractivity contribution in [2.75, 3.05) is 18.1 Å². The van der Waals surface area contributed by atoms with E-state index in [1.54, 1.807) is 22.8 Å². The van der Waals surface area contributed by atoms with Gasteiger partial charge < -0.3 is 4.74 Å². The SMILES string of the molecule is C#CCN1C(=O)COc2ccc(-n3nc4n(c3=O)CCCC4)cc21. The third kappa shape index (κ3) is 2.19. The van der Waals surface area contributed by atoms with Crippen LogP contribution in [0.3, 0.4) is 0 Å². The summed E-state index contributed by atoms with van der Waals surface area (Å²) >= 11 is 0. The number of aryl methyl sites for hydroxylation is 1. The minimum atomic E-state index is -0.200. The Kier molecular flexibility index (Phi) is 3.38. The van der Waals surface area contributed by atoms with Crippen LogP contribution in [0, 0.1) is 12.3 Å². The quantitative estimate of drug-likeness (QED) is 0.764. The first-order valence-electron chi connectivity index (χ1n) is 7.89. The van der Waals surface area contributed by atoms with E-state index in [-0.39, 0.29) is 24.7 Å². The molecule has 0 bridgehead atoms.